The molecule has 0 aliphatic heterocycles. The fourth-order valence-electron chi connectivity index (χ4n) is 1.32. The molecule has 0 bridgehead atoms. The van der Waals surface area contributed by atoms with Gasteiger partial charge in [0.1, 0.15) is 16.3 Å². The number of esters is 1. The van der Waals surface area contributed by atoms with Crippen molar-refractivity contribution < 1.29 is 9.53 Å². The van der Waals surface area contributed by atoms with Gasteiger partial charge in [0, 0.05) is 6.20 Å². The third-order valence-corrected chi connectivity index (χ3v) is 2.78. The lowest BCUT2D eigenvalue weighted by Gasteiger charge is -2.31. The van der Waals surface area contributed by atoms with Gasteiger partial charge in [0.05, 0.1) is 0 Å². The van der Waals surface area contributed by atoms with E-state index in [1.807, 2.05) is 27.7 Å². The normalized spacial score (nSPS) is 14.6. The summed E-state index contributed by atoms with van der Waals surface area (Å²) < 4.78 is 5.41. The van der Waals surface area contributed by atoms with Gasteiger partial charge in [-0.05, 0) is 40.2 Å². The van der Waals surface area contributed by atoms with Crippen molar-refractivity contribution in [3.63, 3.8) is 0 Å². The molecule has 0 fully saturated rings. The third-order valence-electron chi connectivity index (χ3n) is 2.57. The highest BCUT2D eigenvalue weighted by Gasteiger charge is 2.36. The van der Waals surface area contributed by atoms with Gasteiger partial charge in [-0.1, -0.05) is 18.5 Å². The summed E-state index contributed by atoms with van der Waals surface area (Å²) in [6.07, 6.45) is 2.07. The quantitative estimate of drug-likeness (QED) is 0.680. The molecule has 0 radical (unpaired) electrons. The maximum Gasteiger partial charge on any atom is 0.332 e. The zero-order chi connectivity index (χ0) is 14.7. The lowest BCUT2D eigenvalue weighted by Crippen LogP contribution is -2.47. The number of carbonyl (C=O) groups is 1. The minimum Gasteiger partial charge on any atom is -0.458 e. The van der Waals surface area contributed by atoms with Crippen LogP contribution >= 0.6 is 11.6 Å². The number of halogens is 1. The van der Waals surface area contributed by atoms with E-state index in [4.69, 9.17) is 16.3 Å². The predicted molar refractivity (Wildman–Crippen MR) is 75.2 cm³/mol. The first-order valence-electron chi connectivity index (χ1n) is 6.16. The molecule has 0 aliphatic rings. The van der Waals surface area contributed by atoms with E-state index in [0.29, 0.717) is 17.5 Å². The molecule has 1 N–H and O–H groups in total. The molecule has 106 valence electrons. The number of hydrogen-bond acceptors (Lipinski definition) is 5. The summed E-state index contributed by atoms with van der Waals surface area (Å²) in [5.74, 6) is -0.0335. The molecule has 1 aromatic rings. The van der Waals surface area contributed by atoms with Crippen LogP contribution in [0.1, 0.15) is 41.0 Å². The Morgan fingerprint density at radius 3 is 2.53 bits per heavy atom. The zero-order valence-corrected chi connectivity index (χ0v) is 12.7. The summed E-state index contributed by atoms with van der Waals surface area (Å²) >= 11 is 5.80. The van der Waals surface area contributed by atoms with Crippen molar-refractivity contribution in [2.45, 2.75) is 52.2 Å². The summed E-state index contributed by atoms with van der Waals surface area (Å²) in [5, 5.41) is 3.31. The van der Waals surface area contributed by atoms with Gasteiger partial charge in [0.15, 0.2) is 0 Å². The van der Waals surface area contributed by atoms with Crippen LogP contribution in [0, 0.1) is 0 Å². The maximum atomic E-state index is 12.2. The van der Waals surface area contributed by atoms with Crippen molar-refractivity contribution in [3.05, 3.63) is 17.4 Å². The molecule has 5 nitrogen and oxygen atoms in total. The van der Waals surface area contributed by atoms with Crippen LogP contribution in [0.2, 0.25) is 5.15 Å². The highest BCUT2D eigenvalue weighted by Crippen LogP contribution is 2.21. The zero-order valence-electron chi connectivity index (χ0n) is 12.0. The number of rotatable bonds is 4. The van der Waals surface area contributed by atoms with E-state index >= 15 is 0 Å². The first-order chi connectivity index (χ1) is 8.66. The van der Waals surface area contributed by atoms with E-state index in [0.717, 1.165) is 0 Å². The van der Waals surface area contributed by atoms with Crippen molar-refractivity contribution >= 4 is 23.5 Å². The molecule has 0 saturated heterocycles. The van der Waals surface area contributed by atoms with Crippen LogP contribution in [-0.4, -0.2) is 27.1 Å². The topological polar surface area (TPSA) is 64.1 Å². The third kappa shape index (κ3) is 4.67. The number of ether oxygens (including phenoxy) is 1. The molecular formula is C13H20ClN3O2. The minimum absolute atomic E-state index is 0.308. The Labute approximate surface area is 118 Å². The van der Waals surface area contributed by atoms with Gasteiger partial charge in [0.25, 0.3) is 0 Å². The number of aromatic nitrogens is 2. The van der Waals surface area contributed by atoms with Gasteiger partial charge in [-0.25, -0.2) is 14.8 Å². The number of nitrogens with zero attached hydrogens (tertiary/aromatic N) is 2. The molecule has 0 saturated carbocycles. The minimum atomic E-state index is -0.891. The summed E-state index contributed by atoms with van der Waals surface area (Å²) in [7, 11) is 0. The van der Waals surface area contributed by atoms with Gasteiger partial charge in [-0.3, -0.25) is 0 Å². The maximum absolute atomic E-state index is 12.2. The standard InChI is InChI=1S/C13H20ClN3O2/c1-6-13(5,10(18)19-12(2,3)4)17-11-15-8-7-9(14)16-11/h7-8H,6H2,1-5H3,(H,15,16,17). The molecule has 6 heteroatoms. The molecular weight excluding hydrogens is 266 g/mol. The molecule has 19 heavy (non-hydrogen) atoms. The summed E-state index contributed by atoms with van der Waals surface area (Å²) in [6, 6.07) is 1.57. The average Bonchev–Trinajstić information content (AvgIpc) is 2.26. The van der Waals surface area contributed by atoms with Crippen LogP contribution in [0.5, 0.6) is 0 Å². The van der Waals surface area contributed by atoms with Crippen molar-refractivity contribution in [2.75, 3.05) is 5.32 Å². The molecule has 0 aliphatic carbocycles. The summed E-state index contributed by atoms with van der Waals surface area (Å²) in [4.78, 5) is 20.3. The second kappa shape index (κ2) is 5.74. The fourth-order valence-corrected chi connectivity index (χ4v) is 1.45. The van der Waals surface area contributed by atoms with Crippen LogP contribution in [0.25, 0.3) is 0 Å². The average molecular weight is 286 g/mol. The molecule has 1 atom stereocenters. The van der Waals surface area contributed by atoms with Crippen LogP contribution in [0.15, 0.2) is 12.3 Å². The lowest BCUT2D eigenvalue weighted by atomic mass is 9.99. The number of nitrogens with one attached hydrogen (secondary N) is 1. The number of hydrogen-bond donors (Lipinski definition) is 1. The van der Waals surface area contributed by atoms with E-state index in [1.165, 1.54) is 6.20 Å². The smallest absolute Gasteiger partial charge is 0.332 e. The van der Waals surface area contributed by atoms with Crippen LogP contribution < -0.4 is 5.32 Å². The Bertz CT molecular complexity index is 459. The number of anilines is 1. The molecule has 0 amide bonds. The molecule has 1 unspecified atom stereocenters. The Morgan fingerprint density at radius 1 is 1.42 bits per heavy atom. The number of carbonyl (C=O) groups excluding carboxylic acids is 1. The van der Waals surface area contributed by atoms with Gasteiger partial charge in [0.2, 0.25) is 5.95 Å². The molecule has 1 heterocycles. The van der Waals surface area contributed by atoms with E-state index in [1.54, 1.807) is 13.0 Å². The van der Waals surface area contributed by atoms with E-state index in [-0.39, 0.29) is 5.97 Å². The Balaban J connectivity index is 2.89. The van der Waals surface area contributed by atoms with Crippen LogP contribution in [0.3, 0.4) is 0 Å². The van der Waals surface area contributed by atoms with Crippen molar-refractivity contribution in [3.8, 4) is 0 Å². The monoisotopic (exact) mass is 285 g/mol. The Morgan fingerprint density at radius 2 is 2.05 bits per heavy atom. The highest BCUT2D eigenvalue weighted by atomic mass is 35.5. The summed E-state index contributed by atoms with van der Waals surface area (Å²) in [6.45, 7) is 9.14. The second-order valence-corrected chi connectivity index (χ2v) is 5.90. The van der Waals surface area contributed by atoms with Gasteiger partial charge >= 0.3 is 5.97 Å². The van der Waals surface area contributed by atoms with Crippen molar-refractivity contribution in [1.82, 2.24) is 9.97 Å². The van der Waals surface area contributed by atoms with E-state index in [9.17, 15) is 4.79 Å². The first-order valence-corrected chi connectivity index (χ1v) is 6.54. The van der Waals surface area contributed by atoms with Crippen LogP contribution in [-0.2, 0) is 9.53 Å². The molecule has 0 aromatic carbocycles. The second-order valence-electron chi connectivity index (χ2n) is 5.52. The van der Waals surface area contributed by atoms with Crippen molar-refractivity contribution in [2.24, 2.45) is 0 Å². The van der Waals surface area contributed by atoms with Gasteiger partial charge < -0.3 is 10.1 Å². The molecule has 1 aromatic heterocycles. The Hall–Kier alpha value is -1.36. The SMILES string of the molecule is CCC(C)(Nc1nccc(Cl)n1)C(=O)OC(C)(C)C. The van der Waals surface area contributed by atoms with Crippen LogP contribution in [0.4, 0.5) is 5.95 Å². The highest BCUT2D eigenvalue weighted by molar-refractivity contribution is 6.29. The first kappa shape index (κ1) is 15.7. The van der Waals surface area contributed by atoms with Gasteiger partial charge in [-0.2, -0.15) is 0 Å². The van der Waals surface area contributed by atoms with Crippen molar-refractivity contribution in [1.29, 1.82) is 0 Å². The molecule has 1 rings (SSSR count). The molecule has 0 spiro atoms. The largest absolute Gasteiger partial charge is 0.458 e. The summed E-state index contributed by atoms with van der Waals surface area (Å²) in [5.41, 5.74) is -1.43. The Kier molecular flexibility index (Phi) is 4.74. The van der Waals surface area contributed by atoms with Gasteiger partial charge in [-0.15, -0.1) is 0 Å². The lowest BCUT2D eigenvalue weighted by molar-refractivity contribution is -0.160. The van der Waals surface area contributed by atoms with E-state index < -0.39 is 11.1 Å². The van der Waals surface area contributed by atoms with E-state index in [2.05, 4.69) is 15.3 Å². The fraction of sp³-hybridized carbons (Fsp3) is 0.615. The predicted octanol–water partition coefficient (Wildman–Crippen LogP) is 3.05.